The average Bonchev–Trinajstić information content (AvgIpc) is 3.01. The second-order valence-electron chi connectivity index (χ2n) is 5.84. The van der Waals surface area contributed by atoms with Gasteiger partial charge in [0.15, 0.2) is 0 Å². The zero-order chi connectivity index (χ0) is 16.2. The van der Waals surface area contributed by atoms with Gasteiger partial charge in [-0.15, -0.1) is 0 Å². The van der Waals surface area contributed by atoms with Gasteiger partial charge >= 0.3 is 6.09 Å². The number of hydrogen-bond donors (Lipinski definition) is 1. The summed E-state index contributed by atoms with van der Waals surface area (Å²) in [5.74, 6) is 0.793. The fourth-order valence-electron chi connectivity index (χ4n) is 3.25. The lowest BCUT2D eigenvalue weighted by Gasteiger charge is -2.38. The number of ether oxygens (including phenoxy) is 1. The van der Waals surface area contributed by atoms with Gasteiger partial charge in [-0.3, -0.25) is 4.79 Å². The van der Waals surface area contributed by atoms with E-state index in [0.717, 1.165) is 19.3 Å². The molecule has 122 valence electrons. The highest BCUT2D eigenvalue weighted by Gasteiger charge is 2.34. The lowest BCUT2D eigenvalue weighted by Crippen LogP contribution is -2.46. The van der Waals surface area contributed by atoms with Crippen LogP contribution in [-0.4, -0.2) is 35.8 Å². The number of carbonyl (C=O) groups is 1. The van der Waals surface area contributed by atoms with Crippen LogP contribution < -0.4 is 5.56 Å². The third-order valence-corrected chi connectivity index (χ3v) is 4.38. The molecule has 3 rings (SSSR count). The average molecular weight is 316 g/mol. The molecule has 1 aliphatic heterocycles. The molecule has 6 heteroatoms. The molecule has 2 aromatic rings. The van der Waals surface area contributed by atoms with Gasteiger partial charge in [0.2, 0.25) is 0 Å². The van der Waals surface area contributed by atoms with Crippen LogP contribution in [0.2, 0.25) is 0 Å². The number of H-pyrrole nitrogens is 1. The van der Waals surface area contributed by atoms with Crippen LogP contribution in [0.4, 0.5) is 4.79 Å². The zero-order valence-electron chi connectivity index (χ0n) is 13.0. The lowest BCUT2D eigenvalue weighted by atomic mass is 9.86. The first-order chi connectivity index (χ1) is 11.2. The summed E-state index contributed by atoms with van der Waals surface area (Å²) in [6, 6.07) is 11.6. The first kappa shape index (κ1) is 15.4. The molecule has 1 fully saturated rings. The van der Waals surface area contributed by atoms with E-state index in [1.165, 1.54) is 18.7 Å². The minimum Gasteiger partial charge on any atom is -0.453 e. The quantitative estimate of drug-likeness (QED) is 0.944. The highest BCUT2D eigenvalue weighted by atomic mass is 16.5. The van der Waals surface area contributed by atoms with E-state index in [9.17, 15) is 9.59 Å². The fourth-order valence-corrected chi connectivity index (χ4v) is 3.25. The Balaban J connectivity index is 1.79. The summed E-state index contributed by atoms with van der Waals surface area (Å²) in [5, 5.41) is 2.34. The van der Waals surface area contributed by atoms with Crippen LogP contribution >= 0.6 is 0 Å². The Hall–Kier alpha value is -2.50. The van der Waals surface area contributed by atoms with Gasteiger partial charge in [0.25, 0.3) is 5.56 Å². The maximum absolute atomic E-state index is 12.0. The van der Waals surface area contributed by atoms with E-state index < -0.39 is 0 Å². The summed E-state index contributed by atoms with van der Waals surface area (Å²) >= 11 is 0. The summed E-state index contributed by atoms with van der Waals surface area (Å²) in [7, 11) is 1.40. The molecular formula is C17H20N2O4. The zero-order valence-corrected chi connectivity index (χ0v) is 13.0. The van der Waals surface area contributed by atoms with Crippen LogP contribution in [0.1, 0.15) is 30.1 Å². The summed E-state index contributed by atoms with van der Waals surface area (Å²) in [6.45, 7) is 0.587. The second kappa shape index (κ2) is 6.73. The third-order valence-electron chi connectivity index (χ3n) is 4.38. The number of aromatic nitrogens is 1. The van der Waals surface area contributed by atoms with Crippen molar-refractivity contribution in [2.24, 2.45) is 0 Å². The van der Waals surface area contributed by atoms with Gasteiger partial charge in [0.1, 0.15) is 5.76 Å². The van der Waals surface area contributed by atoms with Crippen molar-refractivity contribution in [3.05, 3.63) is 58.1 Å². The van der Waals surface area contributed by atoms with Crippen molar-refractivity contribution in [3.63, 3.8) is 0 Å². The van der Waals surface area contributed by atoms with Crippen molar-refractivity contribution in [2.45, 2.75) is 31.2 Å². The summed E-state index contributed by atoms with van der Waals surface area (Å²) in [6.07, 6.45) is 1.94. The summed E-state index contributed by atoms with van der Waals surface area (Å²) in [5.41, 5.74) is 0.942. The molecule has 23 heavy (non-hydrogen) atoms. The number of methoxy groups -OCH3 is 1. The first-order valence-corrected chi connectivity index (χ1v) is 7.74. The molecule has 1 N–H and O–H groups in total. The molecule has 1 aromatic carbocycles. The maximum Gasteiger partial charge on any atom is 0.409 e. The van der Waals surface area contributed by atoms with Crippen molar-refractivity contribution in [2.75, 3.05) is 13.7 Å². The number of benzene rings is 1. The monoisotopic (exact) mass is 316 g/mol. The van der Waals surface area contributed by atoms with Crippen LogP contribution in [0.3, 0.4) is 0 Å². The van der Waals surface area contributed by atoms with E-state index in [-0.39, 0.29) is 23.6 Å². The number of hydrogen-bond acceptors (Lipinski definition) is 4. The number of piperidine rings is 1. The molecule has 0 radical (unpaired) electrons. The van der Waals surface area contributed by atoms with Gasteiger partial charge in [0, 0.05) is 24.6 Å². The highest BCUT2D eigenvalue weighted by Crippen LogP contribution is 2.32. The van der Waals surface area contributed by atoms with Crippen molar-refractivity contribution < 1.29 is 14.1 Å². The number of aromatic amines is 1. The van der Waals surface area contributed by atoms with Gasteiger partial charge in [-0.2, -0.15) is 5.16 Å². The minimum atomic E-state index is -0.306. The van der Waals surface area contributed by atoms with Crippen LogP contribution in [0, 0.1) is 0 Å². The Bertz CT molecular complexity index is 707. The van der Waals surface area contributed by atoms with Crippen molar-refractivity contribution in [1.29, 1.82) is 0 Å². The molecule has 0 saturated carbocycles. The Kier molecular flexibility index (Phi) is 4.50. The first-order valence-electron chi connectivity index (χ1n) is 7.74. The number of likely N-dealkylation sites (tertiary alicyclic amines) is 1. The molecule has 1 saturated heterocycles. The Morgan fingerprint density at radius 2 is 2.17 bits per heavy atom. The van der Waals surface area contributed by atoms with E-state index in [4.69, 9.17) is 9.26 Å². The standard InChI is InChI=1S/C17H20N2O4/c1-22-17(21)19-8-7-13(15-11-16(20)18-23-15)10-14(19)9-12-5-3-2-4-6-12/h2-6,11,13-14H,7-10H2,1H3,(H,18,20)/t13-,14-/m1/s1. The molecule has 0 spiro atoms. The normalized spacial score (nSPS) is 21.2. The smallest absolute Gasteiger partial charge is 0.409 e. The molecule has 0 unspecified atom stereocenters. The molecule has 0 bridgehead atoms. The van der Waals surface area contributed by atoms with E-state index in [1.807, 2.05) is 18.2 Å². The molecule has 2 atom stereocenters. The van der Waals surface area contributed by atoms with E-state index in [2.05, 4.69) is 17.3 Å². The topological polar surface area (TPSA) is 75.5 Å². The summed E-state index contributed by atoms with van der Waals surface area (Å²) in [4.78, 5) is 25.1. The van der Waals surface area contributed by atoms with Crippen molar-refractivity contribution in [1.82, 2.24) is 10.1 Å². The molecule has 1 amide bonds. The molecule has 1 aromatic heterocycles. The lowest BCUT2D eigenvalue weighted by molar-refractivity contribution is 0.0817. The number of nitrogens with zero attached hydrogens (tertiary/aromatic N) is 1. The van der Waals surface area contributed by atoms with E-state index in [1.54, 1.807) is 4.90 Å². The van der Waals surface area contributed by atoms with Crippen molar-refractivity contribution >= 4 is 6.09 Å². The third kappa shape index (κ3) is 3.47. The van der Waals surface area contributed by atoms with Gasteiger partial charge in [-0.05, 0) is 24.8 Å². The van der Waals surface area contributed by atoms with Gasteiger partial charge in [0.05, 0.1) is 7.11 Å². The predicted octanol–water partition coefficient (Wildman–Crippen LogP) is 2.53. The number of rotatable bonds is 3. The maximum atomic E-state index is 12.0. The van der Waals surface area contributed by atoms with Crippen LogP contribution in [-0.2, 0) is 11.2 Å². The van der Waals surface area contributed by atoms with Gasteiger partial charge in [-0.1, -0.05) is 30.3 Å². The number of carbonyl (C=O) groups excluding carboxylic acids is 1. The predicted molar refractivity (Wildman–Crippen MR) is 84.3 cm³/mol. The fraction of sp³-hybridized carbons (Fsp3) is 0.412. The van der Waals surface area contributed by atoms with Gasteiger partial charge < -0.3 is 14.2 Å². The van der Waals surface area contributed by atoms with Crippen LogP contribution in [0.15, 0.2) is 45.7 Å². The molecule has 2 heterocycles. The van der Waals surface area contributed by atoms with Crippen LogP contribution in [0.5, 0.6) is 0 Å². The Morgan fingerprint density at radius 1 is 1.39 bits per heavy atom. The Labute approximate surface area is 134 Å². The SMILES string of the molecule is COC(=O)N1CC[C@@H](c2cc(=O)[nH]o2)C[C@H]1Cc1ccccc1. The van der Waals surface area contributed by atoms with E-state index in [0.29, 0.717) is 12.3 Å². The van der Waals surface area contributed by atoms with Crippen molar-refractivity contribution in [3.8, 4) is 0 Å². The molecule has 0 aliphatic carbocycles. The molecule has 1 aliphatic rings. The second-order valence-corrected chi connectivity index (χ2v) is 5.84. The Morgan fingerprint density at radius 3 is 2.83 bits per heavy atom. The van der Waals surface area contributed by atoms with Crippen LogP contribution in [0.25, 0.3) is 0 Å². The molecular weight excluding hydrogens is 296 g/mol. The number of nitrogens with one attached hydrogen (secondary N) is 1. The highest BCUT2D eigenvalue weighted by molar-refractivity contribution is 5.68. The van der Waals surface area contributed by atoms with Gasteiger partial charge in [-0.25, -0.2) is 4.79 Å². The summed E-state index contributed by atoms with van der Waals surface area (Å²) < 4.78 is 10.2. The number of amides is 1. The molecule has 6 nitrogen and oxygen atoms in total. The largest absolute Gasteiger partial charge is 0.453 e. The minimum absolute atomic E-state index is 0.0174. The van der Waals surface area contributed by atoms with E-state index >= 15 is 0 Å².